The van der Waals surface area contributed by atoms with Crippen molar-refractivity contribution in [3.05, 3.63) is 68.2 Å². The zero-order valence-electron chi connectivity index (χ0n) is 20.9. The molecule has 1 saturated heterocycles. The molecule has 184 valence electrons. The lowest BCUT2D eigenvalue weighted by molar-refractivity contribution is -0.122. The van der Waals surface area contributed by atoms with E-state index in [0.717, 1.165) is 58.2 Å². The van der Waals surface area contributed by atoms with Gasteiger partial charge in [-0.25, -0.2) is 4.99 Å². The zero-order chi connectivity index (χ0) is 25.4. The first-order valence-electron chi connectivity index (χ1n) is 12.1. The quantitative estimate of drug-likeness (QED) is 0.361. The highest BCUT2D eigenvalue weighted by molar-refractivity contribution is 8.18. The summed E-state index contributed by atoms with van der Waals surface area (Å²) in [5.41, 5.74) is 5.90. The molecular formula is C28H28N4O2S2. The molecule has 0 radical (unpaired) electrons. The number of benzene rings is 1. The van der Waals surface area contributed by atoms with Gasteiger partial charge in [-0.15, -0.1) is 11.3 Å². The van der Waals surface area contributed by atoms with Crippen LogP contribution in [0.3, 0.4) is 0 Å². The predicted molar refractivity (Wildman–Crippen MR) is 148 cm³/mol. The summed E-state index contributed by atoms with van der Waals surface area (Å²) >= 11 is 3.14. The van der Waals surface area contributed by atoms with E-state index in [1.165, 1.54) is 28.6 Å². The van der Waals surface area contributed by atoms with Crippen molar-refractivity contribution in [2.45, 2.75) is 46.5 Å². The van der Waals surface area contributed by atoms with E-state index in [9.17, 15) is 10.1 Å². The third-order valence-corrected chi connectivity index (χ3v) is 9.01. The average Bonchev–Trinajstić information content (AvgIpc) is 3.49. The van der Waals surface area contributed by atoms with Crippen LogP contribution < -0.4 is 4.74 Å². The maximum absolute atomic E-state index is 13.2. The normalized spacial score (nSPS) is 17.6. The third kappa shape index (κ3) is 4.27. The first-order valence-corrected chi connectivity index (χ1v) is 13.8. The number of carbonyl (C=O) groups excluding carboxylic acids is 1. The lowest BCUT2D eigenvalue weighted by Gasteiger charge is -2.12. The van der Waals surface area contributed by atoms with Crippen LogP contribution in [0.5, 0.6) is 5.75 Å². The first kappa shape index (κ1) is 24.4. The Morgan fingerprint density at radius 3 is 2.64 bits per heavy atom. The summed E-state index contributed by atoms with van der Waals surface area (Å²) in [6.07, 6.45) is 6.34. The molecule has 1 amide bonds. The average molecular weight is 517 g/mol. The Morgan fingerprint density at radius 1 is 1.19 bits per heavy atom. The minimum atomic E-state index is -0.0381. The van der Waals surface area contributed by atoms with Crippen LogP contribution >= 0.6 is 23.1 Å². The summed E-state index contributed by atoms with van der Waals surface area (Å²) in [7, 11) is 1.63. The number of fused-ring (bicyclic) bond motifs is 1. The van der Waals surface area contributed by atoms with Crippen LogP contribution in [-0.2, 0) is 17.6 Å². The van der Waals surface area contributed by atoms with Crippen molar-refractivity contribution < 1.29 is 9.53 Å². The summed E-state index contributed by atoms with van der Waals surface area (Å²) in [5, 5.41) is 11.6. The predicted octanol–water partition coefficient (Wildman–Crippen LogP) is 6.54. The molecule has 2 aliphatic rings. The van der Waals surface area contributed by atoms with Crippen LogP contribution in [0.25, 0.3) is 11.1 Å². The fourth-order valence-electron chi connectivity index (χ4n) is 4.85. The minimum Gasteiger partial charge on any atom is -0.497 e. The van der Waals surface area contributed by atoms with Crippen molar-refractivity contribution in [1.29, 1.82) is 5.26 Å². The topological polar surface area (TPSA) is 70.6 Å². The van der Waals surface area contributed by atoms with E-state index in [-0.39, 0.29) is 5.91 Å². The molecule has 0 spiro atoms. The Balaban J connectivity index is 1.50. The molecule has 0 saturated carbocycles. The molecule has 8 heteroatoms. The van der Waals surface area contributed by atoms with Crippen LogP contribution in [-0.4, -0.2) is 34.2 Å². The Kier molecular flexibility index (Phi) is 6.78. The summed E-state index contributed by atoms with van der Waals surface area (Å²) in [5.74, 6) is 0.729. The number of ether oxygens (including phenoxy) is 1. The van der Waals surface area contributed by atoms with Crippen LogP contribution in [0.2, 0.25) is 0 Å². The van der Waals surface area contributed by atoms with E-state index in [1.54, 1.807) is 23.3 Å². The highest BCUT2D eigenvalue weighted by Crippen LogP contribution is 2.39. The molecule has 2 aromatic heterocycles. The second-order valence-corrected chi connectivity index (χ2v) is 11.0. The van der Waals surface area contributed by atoms with Gasteiger partial charge < -0.3 is 9.30 Å². The number of rotatable bonds is 5. The van der Waals surface area contributed by atoms with Crippen LogP contribution in [0.4, 0.5) is 5.69 Å². The Bertz CT molecular complexity index is 1440. The number of thioether (sulfide) groups is 1. The number of hydrogen-bond acceptors (Lipinski definition) is 6. The Labute approximate surface area is 219 Å². The van der Waals surface area contributed by atoms with Crippen molar-refractivity contribution in [2.24, 2.45) is 4.99 Å². The molecule has 3 aromatic rings. The second-order valence-electron chi connectivity index (χ2n) is 8.92. The number of thiophene rings is 1. The lowest BCUT2D eigenvalue weighted by atomic mass is 9.96. The van der Waals surface area contributed by atoms with Crippen LogP contribution in [0.15, 0.2) is 40.2 Å². The number of carbonyl (C=O) groups is 1. The van der Waals surface area contributed by atoms with Crippen molar-refractivity contribution in [1.82, 2.24) is 9.47 Å². The van der Waals surface area contributed by atoms with Gasteiger partial charge in [0.2, 0.25) is 0 Å². The number of aliphatic imine (C=N–C) groups is 1. The molecule has 0 unspecified atom stereocenters. The molecule has 0 bridgehead atoms. The standard InChI is InChI=1S/C28H28N4O2S2/c1-5-31-26(33)25(36-28(31)30-20-10-12-21(34-4)13-11-20)15-19-14-17(2)32(18(19)3)27-23(16-29)22-8-6-7-9-24(22)35-27/h10-15H,5-9H2,1-4H3/b25-15+,30-28?. The first-order chi connectivity index (χ1) is 17.4. The summed E-state index contributed by atoms with van der Waals surface area (Å²) in [6.45, 7) is 6.63. The second kappa shape index (κ2) is 10.00. The monoisotopic (exact) mass is 516 g/mol. The van der Waals surface area contributed by atoms with Gasteiger partial charge in [-0.1, -0.05) is 0 Å². The van der Waals surface area contributed by atoms with E-state index in [0.29, 0.717) is 16.6 Å². The Morgan fingerprint density at radius 2 is 1.94 bits per heavy atom. The largest absolute Gasteiger partial charge is 0.497 e. The Hall–Kier alpha value is -3.28. The van der Waals surface area contributed by atoms with Crippen molar-refractivity contribution in [3.8, 4) is 16.8 Å². The molecular weight excluding hydrogens is 488 g/mol. The van der Waals surface area contributed by atoms with E-state index in [2.05, 4.69) is 30.6 Å². The van der Waals surface area contributed by atoms with Crippen LogP contribution in [0.1, 0.15) is 52.7 Å². The maximum Gasteiger partial charge on any atom is 0.266 e. The molecule has 3 heterocycles. The van der Waals surface area contributed by atoms with Gasteiger partial charge >= 0.3 is 0 Å². The van der Waals surface area contributed by atoms with E-state index < -0.39 is 0 Å². The minimum absolute atomic E-state index is 0.0381. The van der Waals surface area contributed by atoms with E-state index in [1.807, 2.05) is 37.3 Å². The fraction of sp³-hybridized carbons (Fsp3) is 0.321. The summed E-state index contributed by atoms with van der Waals surface area (Å²) in [4.78, 5) is 21.7. The van der Waals surface area contributed by atoms with Crippen molar-refractivity contribution >= 4 is 45.9 Å². The number of amides is 1. The van der Waals surface area contributed by atoms with E-state index >= 15 is 0 Å². The molecule has 1 aliphatic heterocycles. The zero-order valence-corrected chi connectivity index (χ0v) is 22.6. The van der Waals surface area contributed by atoms with Crippen molar-refractivity contribution in [2.75, 3.05) is 13.7 Å². The lowest BCUT2D eigenvalue weighted by Crippen LogP contribution is -2.28. The molecule has 0 N–H and O–H groups in total. The number of nitriles is 1. The van der Waals surface area contributed by atoms with Crippen molar-refractivity contribution in [3.63, 3.8) is 0 Å². The van der Waals surface area contributed by atoms with Gasteiger partial charge in [-0.2, -0.15) is 5.26 Å². The molecule has 36 heavy (non-hydrogen) atoms. The van der Waals surface area contributed by atoms with E-state index in [4.69, 9.17) is 9.73 Å². The SMILES string of the molecule is CCN1C(=O)/C(=C\c2cc(C)n(-c3sc4c(c3C#N)CCCC4)c2C)SC1=Nc1ccc(OC)cc1. The molecule has 1 fully saturated rings. The smallest absolute Gasteiger partial charge is 0.266 e. The summed E-state index contributed by atoms with van der Waals surface area (Å²) in [6, 6.07) is 12.1. The highest BCUT2D eigenvalue weighted by atomic mass is 32.2. The van der Waals surface area contributed by atoms with Gasteiger partial charge in [0.05, 0.1) is 23.3 Å². The number of aromatic nitrogens is 1. The molecule has 5 rings (SSSR count). The molecule has 1 aromatic carbocycles. The fourth-order valence-corrected chi connectivity index (χ4v) is 7.35. The molecule has 1 aliphatic carbocycles. The number of nitrogens with zero attached hydrogens (tertiary/aromatic N) is 4. The number of methoxy groups -OCH3 is 1. The van der Waals surface area contributed by atoms with Gasteiger partial charge in [0.1, 0.15) is 16.8 Å². The number of hydrogen-bond donors (Lipinski definition) is 0. The number of likely N-dealkylation sites (N-methyl/N-ethyl adjacent to an activating group) is 1. The van der Waals surface area contributed by atoms with Gasteiger partial charge in [-0.3, -0.25) is 9.69 Å². The van der Waals surface area contributed by atoms with Gasteiger partial charge in [0.25, 0.3) is 5.91 Å². The highest BCUT2D eigenvalue weighted by Gasteiger charge is 2.33. The van der Waals surface area contributed by atoms with Gasteiger partial charge in [0, 0.05) is 22.8 Å². The number of amidine groups is 1. The van der Waals surface area contributed by atoms with Gasteiger partial charge in [-0.05, 0) is 106 Å². The third-order valence-electron chi connectivity index (χ3n) is 6.73. The number of aryl methyl sites for hydroxylation is 2. The summed E-state index contributed by atoms with van der Waals surface area (Å²) < 4.78 is 7.41. The molecule has 0 atom stereocenters. The van der Waals surface area contributed by atoms with Crippen LogP contribution in [0, 0.1) is 25.2 Å². The van der Waals surface area contributed by atoms with Gasteiger partial charge in [0.15, 0.2) is 5.17 Å². The molecule has 6 nitrogen and oxygen atoms in total. The maximum atomic E-state index is 13.2.